The Morgan fingerprint density at radius 1 is 1.21 bits per heavy atom. The van der Waals surface area contributed by atoms with Crippen molar-refractivity contribution in [2.24, 2.45) is 0 Å². The smallest absolute Gasteiger partial charge is 0.271 e. The lowest BCUT2D eigenvalue weighted by molar-refractivity contribution is 0.0916. The van der Waals surface area contributed by atoms with Gasteiger partial charge in [-0.3, -0.25) is 14.2 Å². The standard InChI is InChI=1S/C22H26N2O4/c1-4-5-6-9-12-24-21(26)17(13-23)16(3)20(22(24)27)18(25)14-28-19-11-8-7-10-15(19)2/h7-8,10-11,27H,4-6,9,12,14H2,1-3H3. The van der Waals surface area contributed by atoms with Crippen molar-refractivity contribution in [3.8, 4) is 17.7 Å². The second-order valence-electron chi connectivity index (χ2n) is 6.81. The minimum absolute atomic E-state index is 0.0276. The highest BCUT2D eigenvalue weighted by atomic mass is 16.5. The highest BCUT2D eigenvalue weighted by molar-refractivity contribution is 6.01. The van der Waals surface area contributed by atoms with Crippen molar-refractivity contribution in [2.45, 2.75) is 53.0 Å². The first-order chi connectivity index (χ1) is 13.4. The number of pyridine rings is 1. The number of para-hydroxylation sites is 1. The van der Waals surface area contributed by atoms with Crippen molar-refractivity contribution < 1.29 is 14.6 Å². The molecule has 0 amide bonds. The monoisotopic (exact) mass is 382 g/mol. The topological polar surface area (TPSA) is 92.3 Å². The summed E-state index contributed by atoms with van der Waals surface area (Å²) in [5.74, 6) is -0.296. The van der Waals surface area contributed by atoms with E-state index in [-0.39, 0.29) is 29.8 Å². The number of Topliss-reactive ketones (excluding diaryl/α,β-unsaturated/α-hetero) is 1. The number of benzene rings is 1. The molecular weight excluding hydrogens is 356 g/mol. The van der Waals surface area contributed by atoms with E-state index >= 15 is 0 Å². The van der Waals surface area contributed by atoms with Gasteiger partial charge >= 0.3 is 0 Å². The fraction of sp³-hybridized carbons (Fsp3) is 0.409. The first kappa shape index (κ1) is 21.2. The number of aromatic hydroxyl groups is 1. The molecular formula is C22H26N2O4. The highest BCUT2D eigenvalue weighted by Gasteiger charge is 2.24. The summed E-state index contributed by atoms with van der Waals surface area (Å²) in [5.41, 5.74) is 0.362. The molecule has 0 fully saturated rings. The summed E-state index contributed by atoms with van der Waals surface area (Å²) < 4.78 is 6.72. The number of nitrogens with zero attached hydrogens (tertiary/aromatic N) is 2. The molecule has 2 rings (SSSR count). The van der Waals surface area contributed by atoms with Gasteiger partial charge in [0.2, 0.25) is 11.7 Å². The number of unbranched alkanes of at least 4 members (excludes halogenated alkanes) is 3. The summed E-state index contributed by atoms with van der Waals surface area (Å²) in [4.78, 5) is 25.3. The minimum Gasteiger partial charge on any atom is -0.494 e. The molecule has 0 aliphatic heterocycles. The van der Waals surface area contributed by atoms with E-state index in [9.17, 15) is 20.0 Å². The van der Waals surface area contributed by atoms with Crippen LogP contribution < -0.4 is 10.3 Å². The summed E-state index contributed by atoms with van der Waals surface area (Å²) in [6, 6.07) is 9.17. The van der Waals surface area contributed by atoms with E-state index in [1.165, 1.54) is 6.92 Å². The van der Waals surface area contributed by atoms with E-state index in [0.29, 0.717) is 12.2 Å². The Kier molecular flexibility index (Phi) is 7.39. The van der Waals surface area contributed by atoms with Crippen molar-refractivity contribution in [3.63, 3.8) is 0 Å². The highest BCUT2D eigenvalue weighted by Crippen LogP contribution is 2.24. The van der Waals surface area contributed by atoms with Gasteiger partial charge in [0.15, 0.2) is 6.61 Å². The molecule has 0 saturated carbocycles. The molecule has 0 unspecified atom stereocenters. The van der Waals surface area contributed by atoms with Crippen LogP contribution in [0.2, 0.25) is 0 Å². The van der Waals surface area contributed by atoms with Crippen LogP contribution in [0.1, 0.15) is 59.7 Å². The molecule has 0 atom stereocenters. The Hall–Kier alpha value is -3.07. The number of aryl methyl sites for hydroxylation is 1. The maximum absolute atomic E-state index is 12.8. The van der Waals surface area contributed by atoms with Crippen LogP contribution in [0.25, 0.3) is 0 Å². The molecule has 6 nitrogen and oxygen atoms in total. The molecule has 0 spiro atoms. The van der Waals surface area contributed by atoms with Crippen LogP contribution >= 0.6 is 0 Å². The molecule has 0 aliphatic rings. The Bertz CT molecular complexity index is 954. The first-order valence-corrected chi connectivity index (χ1v) is 9.50. The van der Waals surface area contributed by atoms with E-state index in [4.69, 9.17) is 4.74 Å². The largest absolute Gasteiger partial charge is 0.494 e. The third-order valence-electron chi connectivity index (χ3n) is 4.77. The fourth-order valence-electron chi connectivity index (χ4n) is 3.12. The summed E-state index contributed by atoms with van der Waals surface area (Å²) in [6.45, 7) is 5.42. The maximum atomic E-state index is 12.8. The average molecular weight is 382 g/mol. The molecule has 0 bridgehead atoms. The SMILES string of the molecule is CCCCCCn1c(O)c(C(=O)COc2ccccc2C)c(C)c(C#N)c1=O. The van der Waals surface area contributed by atoms with Crippen molar-refractivity contribution in [3.05, 3.63) is 56.9 Å². The quantitative estimate of drug-likeness (QED) is 0.525. The average Bonchev–Trinajstić information content (AvgIpc) is 2.67. The number of ether oxygens (including phenoxy) is 1. The number of rotatable bonds is 9. The zero-order valence-electron chi connectivity index (χ0n) is 16.6. The van der Waals surface area contributed by atoms with Gasteiger partial charge in [0.25, 0.3) is 5.56 Å². The Morgan fingerprint density at radius 3 is 2.57 bits per heavy atom. The molecule has 0 saturated heterocycles. The number of carbonyl (C=O) groups excluding carboxylic acids is 1. The van der Waals surface area contributed by atoms with Crippen LogP contribution in [0.15, 0.2) is 29.1 Å². The molecule has 28 heavy (non-hydrogen) atoms. The van der Waals surface area contributed by atoms with E-state index in [1.54, 1.807) is 12.1 Å². The zero-order valence-corrected chi connectivity index (χ0v) is 16.6. The predicted octanol–water partition coefficient (Wildman–Crippen LogP) is 3.88. The van der Waals surface area contributed by atoms with Gasteiger partial charge in [-0.05, 0) is 37.5 Å². The number of hydrogen-bond acceptors (Lipinski definition) is 5. The predicted molar refractivity (Wildman–Crippen MR) is 107 cm³/mol. The van der Waals surface area contributed by atoms with Crippen molar-refractivity contribution >= 4 is 5.78 Å². The van der Waals surface area contributed by atoms with Gasteiger partial charge in [-0.2, -0.15) is 5.26 Å². The molecule has 1 aromatic carbocycles. The molecule has 148 valence electrons. The number of aromatic nitrogens is 1. The number of nitriles is 1. The molecule has 1 N–H and O–H groups in total. The lowest BCUT2D eigenvalue weighted by Crippen LogP contribution is -2.28. The molecule has 0 aliphatic carbocycles. The summed E-state index contributed by atoms with van der Waals surface area (Å²) in [6.07, 6.45) is 3.64. The summed E-state index contributed by atoms with van der Waals surface area (Å²) >= 11 is 0. The van der Waals surface area contributed by atoms with Crippen LogP contribution in [0.3, 0.4) is 0 Å². The lowest BCUT2D eigenvalue weighted by Gasteiger charge is -2.16. The second kappa shape index (κ2) is 9.75. The third kappa shape index (κ3) is 4.61. The molecule has 0 radical (unpaired) electrons. The number of ketones is 1. The zero-order chi connectivity index (χ0) is 20.7. The van der Waals surface area contributed by atoms with Crippen molar-refractivity contribution in [1.82, 2.24) is 4.57 Å². The molecule has 1 aromatic heterocycles. The van der Waals surface area contributed by atoms with Gasteiger partial charge in [-0.15, -0.1) is 0 Å². The first-order valence-electron chi connectivity index (χ1n) is 9.50. The minimum atomic E-state index is -0.564. The molecule has 6 heteroatoms. The van der Waals surface area contributed by atoms with E-state index in [0.717, 1.165) is 29.4 Å². The molecule has 2 aromatic rings. The van der Waals surface area contributed by atoms with Crippen LogP contribution in [-0.2, 0) is 6.54 Å². The molecule has 1 heterocycles. The Morgan fingerprint density at radius 2 is 1.93 bits per heavy atom. The lowest BCUT2D eigenvalue weighted by atomic mass is 10.0. The van der Waals surface area contributed by atoms with Gasteiger partial charge in [0, 0.05) is 6.54 Å². The van der Waals surface area contributed by atoms with Crippen LogP contribution in [0.4, 0.5) is 0 Å². The van der Waals surface area contributed by atoms with Crippen LogP contribution in [-0.4, -0.2) is 22.1 Å². The van der Waals surface area contributed by atoms with Gasteiger partial charge in [-0.1, -0.05) is 44.4 Å². The van der Waals surface area contributed by atoms with Gasteiger partial charge in [-0.25, -0.2) is 0 Å². The van der Waals surface area contributed by atoms with Crippen LogP contribution in [0.5, 0.6) is 11.6 Å². The van der Waals surface area contributed by atoms with Crippen LogP contribution in [0, 0.1) is 25.2 Å². The van der Waals surface area contributed by atoms with Gasteiger partial charge in [0.1, 0.15) is 17.4 Å². The fourth-order valence-corrected chi connectivity index (χ4v) is 3.12. The summed E-state index contributed by atoms with van der Waals surface area (Å²) in [5, 5.41) is 20.0. The normalized spacial score (nSPS) is 10.5. The summed E-state index contributed by atoms with van der Waals surface area (Å²) in [7, 11) is 0. The third-order valence-corrected chi connectivity index (χ3v) is 4.77. The van der Waals surface area contributed by atoms with Gasteiger partial charge in [0.05, 0.1) is 5.56 Å². The second-order valence-corrected chi connectivity index (χ2v) is 6.81. The number of hydrogen-bond donors (Lipinski definition) is 1. The Labute approximate surface area is 165 Å². The van der Waals surface area contributed by atoms with E-state index in [1.807, 2.05) is 25.1 Å². The van der Waals surface area contributed by atoms with Gasteiger partial charge < -0.3 is 9.84 Å². The Balaban J connectivity index is 2.34. The van der Waals surface area contributed by atoms with E-state index in [2.05, 4.69) is 6.92 Å². The number of carbonyl (C=O) groups is 1. The maximum Gasteiger partial charge on any atom is 0.271 e. The van der Waals surface area contributed by atoms with Crippen molar-refractivity contribution in [1.29, 1.82) is 5.26 Å². The van der Waals surface area contributed by atoms with E-state index < -0.39 is 17.2 Å². The van der Waals surface area contributed by atoms with Crippen molar-refractivity contribution in [2.75, 3.05) is 6.61 Å².